The SMILES string of the molecule is Cc1ccc(C(=O)Nc2cnn(Cc3cccc(F)c3)c2)cc1. The lowest BCUT2D eigenvalue weighted by atomic mass is 10.1. The summed E-state index contributed by atoms with van der Waals surface area (Å²) in [6.07, 6.45) is 3.29. The summed E-state index contributed by atoms with van der Waals surface area (Å²) in [5.74, 6) is -0.460. The molecule has 0 fully saturated rings. The maximum atomic E-state index is 13.2. The van der Waals surface area contributed by atoms with Crippen molar-refractivity contribution in [2.24, 2.45) is 0 Å². The van der Waals surface area contributed by atoms with Crippen molar-refractivity contribution >= 4 is 11.6 Å². The monoisotopic (exact) mass is 309 g/mol. The van der Waals surface area contributed by atoms with Gasteiger partial charge in [-0.05, 0) is 36.8 Å². The molecule has 4 nitrogen and oxygen atoms in total. The normalized spacial score (nSPS) is 10.5. The molecule has 0 saturated heterocycles. The molecule has 0 aliphatic rings. The van der Waals surface area contributed by atoms with Gasteiger partial charge >= 0.3 is 0 Å². The van der Waals surface area contributed by atoms with E-state index in [2.05, 4.69) is 10.4 Å². The maximum absolute atomic E-state index is 13.2. The van der Waals surface area contributed by atoms with E-state index in [9.17, 15) is 9.18 Å². The number of halogens is 1. The Morgan fingerprint density at radius 2 is 2.00 bits per heavy atom. The molecule has 2 aromatic carbocycles. The number of benzene rings is 2. The minimum atomic E-state index is -0.275. The molecule has 1 N–H and O–H groups in total. The number of hydrogen-bond donors (Lipinski definition) is 1. The summed E-state index contributed by atoms with van der Waals surface area (Å²) in [5.41, 5.74) is 3.11. The van der Waals surface area contributed by atoms with Gasteiger partial charge in [0.2, 0.25) is 0 Å². The average Bonchev–Trinajstić information content (AvgIpc) is 2.95. The summed E-state index contributed by atoms with van der Waals surface area (Å²) >= 11 is 0. The van der Waals surface area contributed by atoms with Crippen LogP contribution in [0.1, 0.15) is 21.5 Å². The maximum Gasteiger partial charge on any atom is 0.255 e. The molecule has 3 rings (SSSR count). The van der Waals surface area contributed by atoms with E-state index in [4.69, 9.17) is 0 Å². The predicted octanol–water partition coefficient (Wildman–Crippen LogP) is 3.63. The lowest BCUT2D eigenvalue weighted by molar-refractivity contribution is 0.102. The molecule has 0 saturated carbocycles. The van der Waals surface area contributed by atoms with Gasteiger partial charge in [0.25, 0.3) is 5.91 Å². The van der Waals surface area contributed by atoms with Crippen LogP contribution in [-0.4, -0.2) is 15.7 Å². The van der Waals surface area contributed by atoms with Crippen LogP contribution in [0.4, 0.5) is 10.1 Å². The molecule has 0 bridgehead atoms. The Balaban J connectivity index is 1.67. The van der Waals surface area contributed by atoms with Gasteiger partial charge in [-0.25, -0.2) is 4.39 Å². The van der Waals surface area contributed by atoms with E-state index in [0.717, 1.165) is 11.1 Å². The Morgan fingerprint density at radius 1 is 1.22 bits per heavy atom. The van der Waals surface area contributed by atoms with Crippen molar-refractivity contribution in [1.82, 2.24) is 9.78 Å². The van der Waals surface area contributed by atoms with Gasteiger partial charge in [-0.2, -0.15) is 5.10 Å². The Kier molecular flexibility index (Phi) is 4.19. The Hall–Kier alpha value is -2.95. The van der Waals surface area contributed by atoms with Crippen molar-refractivity contribution in [2.45, 2.75) is 13.5 Å². The Morgan fingerprint density at radius 3 is 2.74 bits per heavy atom. The van der Waals surface area contributed by atoms with Crippen molar-refractivity contribution in [2.75, 3.05) is 5.32 Å². The van der Waals surface area contributed by atoms with E-state index < -0.39 is 0 Å². The van der Waals surface area contributed by atoms with Gasteiger partial charge in [0.15, 0.2) is 0 Å². The first kappa shape index (κ1) is 15.0. The Bertz CT molecular complexity index is 824. The number of aryl methyl sites for hydroxylation is 1. The van der Waals surface area contributed by atoms with E-state index in [1.54, 1.807) is 35.3 Å². The minimum absolute atomic E-state index is 0.185. The zero-order chi connectivity index (χ0) is 16.2. The van der Waals surface area contributed by atoms with Crippen molar-refractivity contribution in [1.29, 1.82) is 0 Å². The predicted molar refractivity (Wildman–Crippen MR) is 86.9 cm³/mol. The molecule has 0 unspecified atom stereocenters. The van der Waals surface area contributed by atoms with Gasteiger partial charge in [-0.3, -0.25) is 9.48 Å². The number of hydrogen-bond acceptors (Lipinski definition) is 2. The highest BCUT2D eigenvalue weighted by Crippen LogP contribution is 2.11. The summed E-state index contributed by atoms with van der Waals surface area (Å²) in [6, 6.07) is 13.7. The summed E-state index contributed by atoms with van der Waals surface area (Å²) in [6.45, 7) is 2.41. The summed E-state index contributed by atoms with van der Waals surface area (Å²) in [4.78, 5) is 12.1. The van der Waals surface area contributed by atoms with Crippen LogP contribution in [0.15, 0.2) is 60.9 Å². The van der Waals surface area contributed by atoms with Crippen LogP contribution in [0.25, 0.3) is 0 Å². The molecule has 1 amide bonds. The number of aromatic nitrogens is 2. The van der Waals surface area contributed by atoms with Crippen molar-refractivity contribution in [3.8, 4) is 0 Å². The molecule has 23 heavy (non-hydrogen) atoms. The first-order chi connectivity index (χ1) is 11.1. The highest BCUT2D eigenvalue weighted by molar-refractivity contribution is 6.04. The fourth-order valence-corrected chi connectivity index (χ4v) is 2.25. The number of carbonyl (C=O) groups excluding carboxylic acids is 1. The molecule has 0 radical (unpaired) electrons. The van der Waals surface area contributed by atoms with Crippen molar-refractivity contribution in [3.05, 3.63) is 83.4 Å². The molecule has 0 aliphatic heterocycles. The molecule has 1 heterocycles. The van der Waals surface area contributed by atoms with Gasteiger partial charge in [0.1, 0.15) is 5.82 Å². The summed E-state index contributed by atoms with van der Waals surface area (Å²) in [7, 11) is 0. The molecule has 3 aromatic rings. The Labute approximate surface area is 133 Å². The van der Waals surface area contributed by atoms with E-state index >= 15 is 0 Å². The van der Waals surface area contributed by atoms with Crippen LogP contribution in [0.2, 0.25) is 0 Å². The number of anilines is 1. The van der Waals surface area contributed by atoms with Crippen LogP contribution in [-0.2, 0) is 6.54 Å². The van der Waals surface area contributed by atoms with Crippen LogP contribution in [0.3, 0.4) is 0 Å². The van der Waals surface area contributed by atoms with Gasteiger partial charge in [-0.15, -0.1) is 0 Å². The van der Waals surface area contributed by atoms with E-state index in [1.165, 1.54) is 12.1 Å². The zero-order valence-corrected chi connectivity index (χ0v) is 12.7. The number of carbonyl (C=O) groups is 1. The molecule has 1 aromatic heterocycles. The third-order valence-corrected chi connectivity index (χ3v) is 3.44. The second kappa shape index (κ2) is 6.44. The average molecular weight is 309 g/mol. The first-order valence-corrected chi connectivity index (χ1v) is 7.25. The van der Waals surface area contributed by atoms with Gasteiger partial charge in [0.05, 0.1) is 18.4 Å². The number of nitrogens with zero attached hydrogens (tertiary/aromatic N) is 2. The molecular formula is C18H16FN3O. The quantitative estimate of drug-likeness (QED) is 0.800. The van der Waals surface area contributed by atoms with Gasteiger partial charge in [-0.1, -0.05) is 29.8 Å². The number of nitrogens with one attached hydrogen (secondary N) is 1. The van der Waals surface area contributed by atoms with E-state index in [1.807, 2.05) is 25.1 Å². The van der Waals surface area contributed by atoms with Crippen molar-refractivity contribution in [3.63, 3.8) is 0 Å². The largest absolute Gasteiger partial charge is 0.319 e. The first-order valence-electron chi connectivity index (χ1n) is 7.25. The highest BCUT2D eigenvalue weighted by atomic mass is 19.1. The topological polar surface area (TPSA) is 46.9 Å². The summed E-state index contributed by atoms with van der Waals surface area (Å²) < 4.78 is 14.8. The molecule has 116 valence electrons. The fraction of sp³-hybridized carbons (Fsp3) is 0.111. The second-order valence-corrected chi connectivity index (χ2v) is 5.38. The molecule has 0 spiro atoms. The zero-order valence-electron chi connectivity index (χ0n) is 12.7. The lowest BCUT2D eigenvalue weighted by Gasteiger charge is -2.03. The minimum Gasteiger partial charge on any atom is -0.319 e. The molecule has 0 aliphatic carbocycles. The van der Waals surface area contributed by atoms with Crippen LogP contribution in [0, 0.1) is 12.7 Å². The van der Waals surface area contributed by atoms with E-state index in [-0.39, 0.29) is 11.7 Å². The van der Waals surface area contributed by atoms with E-state index in [0.29, 0.717) is 17.8 Å². The van der Waals surface area contributed by atoms with Gasteiger partial charge < -0.3 is 5.32 Å². The van der Waals surface area contributed by atoms with Crippen LogP contribution < -0.4 is 5.32 Å². The number of amides is 1. The van der Waals surface area contributed by atoms with Gasteiger partial charge in [0, 0.05) is 11.8 Å². The summed E-state index contributed by atoms with van der Waals surface area (Å²) in [5, 5.41) is 6.98. The molecule has 0 atom stereocenters. The second-order valence-electron chi connectivity index (χ2n) is 5.38. The smallest absolute Gasteiger partial charge is 0.255 e. The number of rotatable bonds is 4. The standard InChI is InChI=1S/C18H16FN3O/c1-13-5-7-15(8-6-13)18(23)21-17-10-20-22(12-17)11-14-3-2-4-16(19)9-14/h2-10,12H,11H2,1H3,(H,21,23). The third kappa shape index (κ3) is 3.83. The lowest BCUT2D eigenvalue weighted by Crippen LogP contribution is -2.11. The molecule has 5 heteroatoms. The third-order valence-electron chi connectivity index (χ3n) is 3.44. The fourth-order valence-electron chi connectivity index (χ4n) is 2.25. The highest BCUT2D eigenvalue weighted by Gasteiger charge is 2.07. The molecular weight excluding hydrogens is 293 g/mol. The van der Waals surface area contributed by atoms with Crippen LogP contribution >= 0.6 is 0 Å². The van der Waals surface area contributed by atoms with Crippen LogP contribution in [0.5, 0.6) is 0 Å². The van der Waals surface area contributed by atoms with Crippen molar-refractivity contribution < 1.29 is 9.18 Å².